The Kier molecular flexibility index (Phi) is 9.24. The summed E-state index contributed by atoms with van der Waals surface area (Å²) in [6.07, 6.45) is 6.84. The van der Waals surface area contributed by atoms with Crippen LogP contribution >= 0.6 is 11.8 Å². The molecule has 1 amide bonds. The lowest BCUT2D eigenvalue weighted by Crippen LogP contribution is -2.40. The topological polar surface area (TPSA) is 66.4 Å². The van der Waals surface area contributed by atoms with E-state index in [9.17, 15) is 9.59 Å². The second kappa shape index (κ2) is 9.96. The van der Waals surface area contributed by atoms with Crippen LogP contribution in [0.25, 0.3) is 0 Å². The lowest BCUT2D eigenvalue weighted by molar-refractivity contribution is -0.141. The molecular weight excluding hydrogens is 238 g/mol. The number of carbonyl (C=O) groups excluding carboxylic acids is 1. The number of hydrogen-bond donors (Lipinski definition) is 2. The summed E-state index contributed by atoms with van der Waals surface area (Å²) in [6.45, 7) is 3.85. The molecule has 0 radical (unpaired) electrons. The first-order valence-corrected chi connectivity index (χ1v) is 6.67. The molecule has 0 saturated carbocycles. The van der Waals surface area contributed by atoms with Crippen molar-refractivity contribution in [2.75, 3.05) is 11.5 Å². The van der Waals surface area contributed by atoms with Crippen LogP contribution in [-0.4, -0.2) is 34.5 Å². The SMILES string of the molecule is C/C=C/C=C/C(=O)NC(CCSCC)C(=O)O. The van der Waals surface area contributed by atoms with Gasteiger partial charge < -0.3 is 10.4 Å². The third-order valence-electron chi connectivity index (χ3n) is 1.92. The highest BCUT2D eigenvalue weighted by Crippen LogP contribution is 2.04. The summed E-state index contributed by atoms with van der Waals surface area (Å²) in [4.78, 5) is 22.3. The third kappa shape index (κ3) is 8.56. The highest BCUT2D eigenvalue weighted by Gasteiger charge is 2.17. The molecule has 0 aromatic rings. The number of carboxylic acids is 1. The number of nitrogens with one attached hydrogen (secondary N) is 1. The first-order chi connectivity index (χ1) is 8.11. The largest absolute Gasteiger partial charge is 0.480 e. The zero-order valence-corrected chi connectivity index (χ0v) is 11.0. The van der Waals surface area contributed by atoms with Crippen molar-refractivity contribution in [3.05, 3.63) is 24.3 Å². The molecule has 96 valence electrons. The lowest BCUT2D eigenvalue weighted by Gasteiger charge is -2.12. The van der Waals surface area contributed by atoms with Gasteiger partial charge in [-0.25, -0.2) is 4.79 Å². The summed E-state index contributed by atoms with van der Waals surface area (Å²) >= 11 is 1.66. The molecule has 1 unspecified atom stereocenters. The van der Waals surface area contributed by atoms with Gasteiger partial charge in [-0.3, -0.25) is 4.79 Å². The number of rotatable bonds is 8. The highest BCUT2D eigenvalue weighted by atomic mass is 32.2. The quantitative estimate of drug-likeness (QED) is 0.395. The maximum atomic E-state index is 11.4. The second-order valence-electron chi connectivity index (χ2n) is 3.27. The molecular formula is C12H19NO3S. The highest BCUT2D eigenvalue weighted by molar-refractivity contribution is 7.99. The summed E-state index contributed by atoms with van der Waals surface area (Å²) in [5.74, 6) is 0.305. The molecule has 0 rings (SSSR count). The van der Waals surface area contributed by atoms with E-state index in [0.29, 0.717) is 6.42 Å². The molecule has 0 bridgehead atoms. The van der Waals surface area contributed by atoms with Crippen molar-refractivity contribution in [1.82, 2.24) is 5.32 Å². The molecule has 0 aromatic heterocycles. The fourth-order valence-electron chi connectivity index (χ4n) is 1.08. The van der Waals surface area contributed by atoms with E-state index in [-0.39, 0.29) is 5.91 Å². The minimum absolute atomic E-state index is 0.378. The first kappa shape index (κ1) is 15.8. The average Bonchev–Trinajstić information content (AvgIpc) is 2.28. The molecule has 0 spiro atoms. The van der Waals surface area contributed by atoms with Gasteiger partial charge in [0.05, 0.1) is 0 Å². The maximum absolute atomic E-state index is 11.4. The van der Waals surface area contributed by atoms with Crippen LogP contribution in [0.5, 0.6) is 0 Å². The molecule has 0 saturated heterocycles. The van der Waals surface area contributed by atoms with E-state index < -0.39 is 12.0 Å². The van der Waals surface area contributed by atoms with E-state index in [1.807, 2.05) is 13.8 Å². The van der Waals surface area contributed by atoms with E-state index in [1.54, 1.807) is 30.0 Å². The predicted molar refractivity (Wildman–Crippen MR) is 71.1 cm³/mol. The Morgan fingerprint density at radius 3 is 2.65 bits per heavy atom. The van der Waals surface area contributed by atoms with Crippen molar-refractivity contribution in [2.45, 2.75) is 26.3 Å². The van der Waals surface area contributed by atoms with E-state index in [2.05, 4.69) is 5.32 Å². The van der Waals surface area contributed by atoms with Gasteiger partial charge in [0.1, 0.15) is 6.04 Å². The Labute approximate surface area is 106 Å². The van der Waals surface area contributed by atoms with Crippen LogP contribution in [0.15, 0.2) is 24.3 Å². The Bertz CT molecular complexity index is 300. The molecule has 1 atom stereocenters. The zero-order chi connectivity index (χ0) is 13.1. The van der Waals surface area contributed by atoms with Crippen LogP contribution in [0.4, 0.5) is 0 Å². The van der Waals surface area contributed by atoms with Crippen LogP contribution in [0.3, 0.4) is 0 Å². The number of carbonyl (C=O) groups is 2. The molecule has 4 nitrogen and oxygen atoms in total. The van der Waals surface area contributed by atoms with Crippen molar-refractivity contribution in [3.8, 4) is 0 Å². The van der Waals surface area contributed by atoms with Gasteiger partial charge >= 0.3 is 5.97 Å². The summed E-state index contributed by atoms with van der Waals surface area (Å²) in [5.41, 5.74) is 0. The molecule has 0 aliphatic rings. The smallest absolute Gasteiger partial charge is 0.326 e. The molecule has 0 fully saturated rings. The van der Waals surface area contributed by atoms with Crippen LogP contribution in [0.1, 0.15) is 20.3 Å². The number of carboxylic acid groups (broad SMARTS) is 1. The van der Waals surface area contributed by atoms with Gasteiger partial charge in [-0.15, -0.1) is 0 Å². The fraction of sp³-hybridized carbons (Fsp3) is 0.500. The first-order valence-electron chi connectivity index (χ1n) is 5.52. The van der Waals surface area contributed by atoms with E-state index in [1.165, 1.54) is 6.08 Å². The number of aliphatic carboxylic acids is 1. The van der Waals surface area contributed by atoms with Crippen LogP contribution in [0, 0.1) is 0 Å². The number of allylic oxidation sites excluding steroid dienone is 3. The predicted octanol–water partition coefficient (Wildman–Crippen LogP) is 1.83. The minimum atomic E-state index is -0.991. The van der Waals surface area contributed by atoms with Gasteiger partial charge in [-0.05, 0) is 24.9 Å². The van der Waals surface area contributed by atoms with Crippen LogP contribution < -0.4 is 5.32 Å². The monoisotopic (exact) mass is 257 g/mol. The van der Waals surface area contributed by atoms with Crippen LogP contribution in [-0.2, 0) is 9.59 Å². The van der Waals surface area contributed by atoms with Crippen LogP contribution in [0.2, 0.25) is 0 Å². The molecule has 2 N–H and O–H groups in total. The molecule has 17 heavy (non-hydrogen) atoms. The third-order valence-corrected chi connectivity index (χ3v) is 2.85. The second-order valence-corrected chi connectivity index (χ2v) is 4.66. The molecule has 0 heterocycles. The van der Waals surface area contributed by atoms with Crippen molar-refractivity contribution in [2.24, 2.45) is 0 Å². The van der Waals surface area contributed by atoms with Gasteiger partial charge in [0.15, 0.2) is 0 Å². The van der Waals surface area contributed by atoms with Crippen molar-refractivity contribution in [1.29, 1.82) is 0 Å². The lowest BCUT2D eigenvalue weighted by atomic mass is 10.2. The van der Waals surface area contributed by atoms with Gasteiger partial charge in [-0.1, -0.05) is 25.2 Å². The van der Waals surface area contributed by atoms with Crippen molar-refractivity contribution < 1.29 is 14.7 Å². The van der Waals surface area contributed by atoms with E-state index >= 15 is 0 Å². The van der Waals surface area contributed by atoms with Gasteiger partial charge in [-0.2, -0.15) is 11.8 Å². The zero-order valence-electron chi connectivity index (χ0n) is 10.2. The Hall–Kier alpha value is -1.23. The number of hydrogen-bond acceptors (Lipinski definition) is 3. The molecule has 0 aromatic carbocycles. The summed E-state index contributed by atoms with van der Waals surface area (Å²) in [6, 6.07) is -0.809. The van der Waals surface area contributed by atoms with Crippen molar-refractivity contribution >= 4 is 23.6 Å². The molecule has 0 aliphatic carbocycles. The maximum Gasteiger partial charge on any atom is 0.326 e. The Morgan fingerprint density at radius 1 is 1.41 bits per heavy atom. The summed E-state index contributed by atoms with van der Waals surface area (Å²) in [5, 5.41) is 11.4. The fourth-order valence-corrected chi connectivity index (χ4v) is 1.77. The Morgan fingerprint density at radius 2 is 2.12 bits per heavy atom. The van der Waals surface area contributed by atoms with E-state index in [0.717, 1.165) is 11.5 Å². The van der Waals surface area contributed by atoms with Crippen molar-refractivity contribution in [3.63, 3.8) is 0 Å². The standard InChI is InChI=1S/C12H19NO3S/c1-3-5-6-7-11(14)13-10(12(15)16)8-9-17-4-2/h3,5-7,10H,4,8-9H2,1-2H3,(H,13,14)(H,15,16)/b5-3+,7-6+. The summed E-state index contributed by atoms with van der Waals surface area (Å²) in [7, 11) is 0. The minimum Gasteiger partial charge on any atom is -0.480 e. The Balaban J connectivity index is 4.15. The normalized spacial score (nSPS) is 13.1. The average molecular weight is 257 g/mol. The van der Waals surface area contributed by atoms with Gasteiger partial charge in [0, 0.05) is 6.08 Å². The van der Waals surface area contributed by atoms with Gasteiger partial charge in [0.2, 0.25) is 5.91 Å². The van der Waals surface area contributed by atoms with E-state index in [4.69, 9.17) is 5.11 Å². The molecule has 0 aliphatic heterocycles. The molecule has 5 heteroatoms. The number of amides is 1. The van der Waals surface area contributed by atoms with Gasteiger partial charge in [0.25, 0.3) is 0 Å². The number of thioether (sulfide) groups is 1. The summed E-state index contributed by atoms with van der Waals surface area (Å²) < 4.78 is 0.